The molecule has 0 heterocycles. The van der Waals surface area contributed by atoms with Crippen molar-refractivity contribution < 1.29 is 46.4 Å². The van der Waals surface area contributed by atoms with Gasteiger partial charge in [-0.25, -0.2) is 16.7 Å². The maximum absolute atomic E-state index is 3.40. The van der Waals surface area contributed by atoms with E-state index in [0.717, 1.165) is 0 Å². The van der Waals surface area contributed by atoms with Crippen LogP contribution in [0.3, 0.4) is 0 Å². The van der Waals surface area contributed by atoms with Crippen LogP contribution < -0.4 is 24.8 Å². The second kappa shape index (κ2) is 14.0. The summed E-state index contributed by atoms with van der Waals surface area (Å²) in [5.41, 5.74) is 5.80. The summed E-state index contributed by atoms with van der Waals surface area (Å²) in [6, 6.07) is 0. The third-order valence-corrected chi connectivity index (χ3v) is 3.61. The third kappa shape index (κ3) is 13.7. The first kappa shape index (κ1) is 30.7. The maximum atomic E-state index is 3.40. The Balaban J connectivity index is -0.000000308. The van der Waals surface area contributed by atoms with E-state index >= 15 is 0 Å². The smallest absolute Gasteiger partial charge is 1.00 e. The number of rotatable bonds is 0. The van der Waals surface area contributed by atoms with Gasteiger partial charge in [-0.15, -0.1) is 6.92 Å². The molecular weight excluding hydrogens is 487 g/mol. The van der Waals surface area contributed by atoms with Crippen LogP contribution in [0, 0.1) is 29.4 Å². The van der Waals surface area contributed by atoms with Crippen molar-refractivity contribution >= 4 is 9.98 Å². The van der Waals surface area contributed by atoms with Gasteiger partial charge in [-0.2, -0.15) is 17.7 Å². The first-order valence-electron chi connectivity index (χ1n) is 8.48. The monoisotopic (exact) mass is 520 g/mol. The van der Waals surface area contributed by atoms with Gasteiger partial charge in [-0.3, -0.25) is 12.2 Å². The molecule has 2 rings (SSSR count). The predicted octanol–water partition coefficient (Wildman–Crippen LogP) is 0.482. The van der Waals surface area contributed by atoms with E-state index in [-0.39, 0.29) is 34.8 Å². The van der Waals surface area contributed by atoms with Crippen molar-refractivity contribution in [3.05, 3.63) is 46.6 Å². The van der Waals surface area contributed by atoms with Crippen LogP contribution in [0.2, 0.25) is 11.5 Å². The first-order valence-corrected chi connectivity index (χ1v) is 20.1. The molecule has 0 bridgehead atoms. The minimum atomic E-state index is -0.243. The molecule has 0 aromatic heterocycles. The largest absolute Gasteiger partial charge is 1.00 e. The molecule has 0 saturated heterocycles. The summed E-state index contributed by atoms with van der Waals surface area (Å²) in [5.74, 6) is 5.82. The third-order valence-electron chi connectivity index (χ3n) is 3.61. The van der Waals surface area contributed by atoms with Crippen LogP contribution in [0.25, 0.3) is 0 Å². The molecule has 0 aromatic carbocycles. The van der Waals surface area contributed by atoms with E-state index in [1.165, 1.54) is 22.3 Å². The Hall–Kier alpha value is 0.966. The Morgan fingerprint density at radius 2 is 1.24 bits per heavy atom. The minimum absolute atomic E-state index is 0. The van der Waals surface area contributed by atoms with Gasteiger partial charge in [0.2, 0.25) is 0 Å². The van der Waals surface area contributed by atoms with Crippen LogP contribution >= 0.6 is 0 Å². The summed E-state index contributed by atoms with van der Waals surface area (Å²) < 4.78 is 0. The van der Waals surface area contributed by atoms with Crippen LogP contribution in [0.5, 0.6) is 0 Å². The van der Waals surface area contributed by atoms with Crippen LogP contribution in [-0.2, 0) is 21.6 Å². The Morgan fingerprint density at radius 1 is 0.880 bits per heavy atom. The quantitative estimate of drug-likeness (QED) is 0.322. The van der Waals surface area contributed by atoms with Gasteiger partial charge >= 0.3 is 43.1 Å². The SMILES string of the molecule is CC1=[C-]C(C)C=C1C.CC1=[C-]C(C)C=C1C(C)(C)C.[CH3][Ge]([CH3])=[Zr+2].[Cl-].[Cl-]. The van der Waals surface area contributed by atoms with Crippen molar-refractivity contribution in [2.45, 2.75) is 66.9 Å². The Kier molecular flexibility index (Phi) is 17.2. The van der Waals surface area contributed by atoms with Gasteiger partial charge in [-0.1, -0.05) is 65.7 Å². The summed E-state index contributed by atoms with van der Waals surface area (Å²) in [6.45, 7) is 17.5. The fraction of sp³-hybridized carbons (Fsp3) is 0.619. The molecule has 0 nitrogen and oxygen atoms in total. The van der Waals surface area contributed by atoms with Gasteiger partial charge in [0.1, 0.15) is 0 Å². The van der Waals surface area contributed by atoms with Crippen LogP contribution in [0.4, 0.5) is 0 Å². The molecule has 2 unspecified atom stereocenters. The topological polar surface area (TPSA) is 0 Å². The van der Waals surface area contributed by atoms with E-state index in [4.69, 9.17) is 0 Å². The summed E-state index contributed by atoms with van der Waals surface area (Å²) in [7, 11) is -0.243. The Bertz CT molecular complexity index is 527. The molecule has 142 valence electrons. The summed E-state index contributed by atoms with van der Waals surface area (Å²) in [5, 5.41) is 0. The number of allylic oxidation sites excluding steroid dienone is 8. The van der Waals surface area contributed by atoms with E-state index < -0.39 is 0 Å². The van der Waals surface area contributed by atoms with Crippen molar-refractivity contribution in [3.8, 4) is 0 Å². The standard InChI is InChI=1S/C11H17.C8H11.C2H6Ge.2ClH.Zr/c1-8-6-9(2)10(7-8)11(3,4)5;1-6-4-7(2)8(3)5-6;1-3-2;;;/h7-8H,1-5H3;4,6H,1-3H3;1-2H3;2*1H;/q2*-1;;;;+2/p-2. The van der Waals surface area contributed by atoms with Gasteiger partial charge < -0.3 is 24.8 Å². The molecule has 25 heavy (non-hydrogen) atoms. The second-order valence-corrected chi connectivity index (χ2v) is 24.8. The summed E-state index contributed by atoms with van der Waals surface area (Å²) in [6.07, 6.45) is 11.2. The van der Waals surface area contributed by atoms with Gasteiger partial charge in [0, 0.05) is 0 Å². The van der Waals surface area contributed by atoms with Gasteiger partial charge in [-0.05, 0) is 0 Å². The number of hydrogen-bond acceptors (Lipinski definition) is 0. The van der Waals surface area contributed by atoms with Crippen LogP contribution in [0.1, 0.15) is 55.4 Å². The van der Waals surface area contributed by atoms with Gasteiger partial charge in [0.15, 0.2) is 0 Å². The number of halogens is 2. The van der Waals surface area contributed by atoms with Crippen LogP contribution in [0.15, 0.2) is 34.4 Å². The van der Waals surface area contributed by atoms with E-state index in [1.807, 2.05) is 0 Å². The number of hydrogen-bond donors (Lipinski definition) is 0. The first-order chi connectivity index (χ1) is 10.3. The van der Waals surface area contributed by atoms with E-state index in [0.29, 0.717) is 17.3 Å². The zero-order valence-corrected chi connectivity index (χ0v) is 23.6. The molecule has 0 saturated carbocycles. The molecule has 0 fully saturated rings. The van der Waals surface area contributed by atoms with Crippen LogP contribution in [-0.4, -0.2) is 9.98 Å². The molecule has 4 heteroatoms. The Labute approximate surface area is 185 Å². The van der Waals surface area contributed by atoms with Crippen molar-refractivity contribution in [1.29, 1.82) is 0 Å². The zero-order chi connectivity index (χ0) is 18.4. The molecule has 2 aliphatic carbocycles. The predicted molar refractivity (Wildman–Crippen MR) is 102 cm³/mol. The molecule has 0 amide bonds. The van der Waals surface area contributed by atoms with Gasteiger partial charge in [0.05, 0.1) is 0 Å². The molecule has 2 aliphatic rings. The van der Waals surface area contributed by atoms with E-state index in [1.54, 1.807) is 21.6 Å². The molecule has 2 atom stereocenters. The fourth-order valence-corrected chi connectivity index (χ4v) is 2.65. The van der Waals surface area contributed by atoms with Crippen molar-refractivity contribution in [3.63, 3.8) is 0 Å². The van der Waals surface area contributed by atoms with E-state index in [9.17, 15) is 0 Å². The molecule has 0 N–H and O–H groups in total. The average molecular weight is 521 g/mol. The normalized spacial score (nSPS) is 21.0. The Morgan fingerprint density at radius 3 is 1.36 bits per heavy atom. The second-order valence-electron chi connectivity index (χ2n) is 7.80. The van der Waals surface area contributed by atoms with E-state index in [2.05, 4.69) is 91.2 Å². The summed E-state index contributed by atoms with van der Waals surface area (Å²) in [4.78, 5) is 0. The zero-order valence-electron chi connectivity index (χ0n) is 17.6. The van der Waals surface area contributed by atoms with Crippen molar-refractivity contribution in [2.75, 3.05) is 0 Å². The molecular formula is C21H34Cl2GeZr-2. The molecule has 0 aromatic rings. The summed E-state index contributed by atoms with van der Waals surface area (Å²) >= 11 is 1.80. The minimum Gasteiger partial charge on any atom is -1.00 e. The molecule has 0 spiro atoms. The van der Waals surface area contributed by atoms with Gasteiger partial charge in [0.25, 0.3) is 0 Å². The molecule has 0 radical (unpaired) electrons. The molecule has 0 aliphatic heterocycles. The average Bonchev–Trinajstić information content (AvgIpc) is 2.81. The fourth-order valence-electron chi connectivity index (χ4n) is 2.65. The van der Waals surface area contributed by atoms with Crippen molar-refractivity contribution in [1.82, 2.24) is 0 Å². The van der Waals surface area contributed by atoms with Crippen molar-refractivity contribution in [2.24, 2.45) is 17.3 Å². The maximum Gasteiger partial charge on any atom is -1.00 e.